The van der Waals surface area contributed by atoms with Crippen LogP contribution in [0, 0.1) is 5.92 Å². The lowest BCUT2D eigenvalue weighted by Gasteiger charge is -2.14. The minimum absolute atomic E-state index is 0.0574. The minimum Gasteiger partial charge on any atom is -0.389 e. The third kappa shape index (κ3) is 9.64. The molecule has 0 aliphatic heterocycles. The molecule has 0 aliphatic carbocycles. The van der Waals surface area contributed by atoms with Crippen molar-refractivity contribution < 1.29 is 9.90 Å². The molecule has 0 saturated carbocycles. The van der Waals surface area contributed by atoms with Gasteiger partial charge in [0, 0.05) is 5.92 Å². The number of carbonyl (C=O) groups excluding carboxylic acids is 1. The van der Waals surface area contributed by atoms with Gasteiger partial charge in [0.1, 0.15) is 6.61 Å². The number of Topliss-reactive ketones (excluding diaryl/α,β-unsaturated/α-hetero) is 1. The maximum absolute atomic E-state index is 11.6. The fourth-order valence-corrected chi connectivity index (χ4v) is 2.41. The van der Waals surface area contributed by atoms with Gasteiger partial charge >= 0.3 is 0 Å². The van der Waals surface area contributed by atoms with Crippen molar-refractivity contribution in [1.29, 1.82) is 0 Å². The average Bonchev–Trinajstić information content (AvgIpc) is 2.40. The molecule has 0 heterocycles. The summed E-state index contributed by atoms with van der Waals surface area (Å²) in [5.74, 6) is 0.176. The van der Waals surface area contributed by atoms with E-state index in [9.17, 15) is 4.79 Å². The van der Waals surface area contributed by atoms with E-state index < -0.39 is 0 Å². The first kappa shape index (κ1) is 17.6. The first-order chi connectivity index (χ1) is 8.76. The van der Waals surface area contributed by atoms with Crippen molar-refractivity contribution in [2.45, 2.75) is 84.5 Å². The van der Waals surface area contributed by atoms with Crippen molar-refractivity contribution in [3.8, 4) is 0 Å². The Morgan fingerprint density at radius 2 is 1.28 bits per heavy atom. The van der Waals surface area contributed by atoms with Gasteiger partial charge < -0.3 is 5.11 Å². The smallest absolute Gasteiger partial charge is 0.161 e. The summed E-state index contributed by atoms with van der Waals surface area (Å²) in [5.41, 5.74) is 0. The zero-order valence-corrected chi connectivity index (χ0v) is 12.4. The summed E-state index contributed by atoms with van der Waals surface area (Å²) in [5, 5.41) is 9.00. The van der Waals surface area contributed by atoms with E-state index in [0.29, 0.717) is 0 Å². The normalized spacial score (nSPS) is 12.6. The Hall–Kier alpha value is -0.370. The minimum atomic E-state index is -0.270. The predicted octanol–water partition coefficient (Wildman–Crippen LogP) is 4.49. The highest BCUT2D eigenvalue weighted by Crippen LogP contribution is 2.19. The Labute approximate surface area is 113 Å². The molecular weight excluding hydrogens is 224 g/mol. The van der Waals surface area contributed by atoms with Gasteiger partial charge in [-0.15, -0.1) is 0 Å². The van der Waals surface area contributed by atoms with E-state index in [-0.39, 0.29) is 18.3 Å². The maximum atomic E-state index is 11.6. The largest absolute Gasteiger partial charge is 0.389 e. The molecule has 1 N–H and O–H groups in total. The van der Waals surface area contributed by atoms with Gasteiger partial charge in [0.15, 0.2) is 5.78 Å². The molecule has 0 rings (SSSR count). The zero-order valence-electron chi connectivity index (χ0n) is 12.4. The van der Waals surface area contributed by atoms with Gasteiger partial charge in [-0.05, 0) is 12.8 Å². The molecule has 0 aliphatic rings. The molecule has 0 fully saturated rings. The van der Waals surface area contributed by atoms with Crippen molar-refractivity contribution >= 4 is 5.78 Å². The molecule has 2 nitrogen and oxygen atoms in total. The van der Waals surface area contributed by atoms with Crippen LogP contribution in [0.15, 0.2) is 0 Å². The quantitative estimate of drug-likeness (QED) is 0.493. The van der Waals surface area contributed by atoms with Gasteiger partial charge in [-0.3, -0.25) is 4.79 Å². The van der Waals surface area contributed by atoms with Crippen LogP contribution >= 0.6 is 0 Å². The van der Waals surface area contributed by atoms with Crippen LogP contribution < -0.4 is 0 Å². The summed E-state index contributed by atoms with van der Waals surface area (Å²) in [7, 11) is 0. The summed E-state index contributed by atoms with van der Waals surface area (Å²) in [6.45, 7) is 4.14. The summed E-state index contributed by atoms with van der Waals surface area (Å²) in [6.07, 6.45) is 13.0. The van der Waals surface area contributed by atoms with Crippen LogP contribution in [0.3, 0.4) is 0 Å². The zero-order chi connectivity index (χ0) is 13.6. The standard InChI is InChI=1S/C16H32O2/c1-3-5-7-9-11-13-15(16(18)14-17)12-10-8-6-4-2/h15,17H,3-14H2,1-2H3. The summed E-state index contributed by atoms with van der Waals surface area (Å²) >= 11 is 0. The van der Waals surface area contributed by atoms with E-state index in [2.05, 4.69) is 13.8 Å². The second-order valence-corrected chi connectivity index (χ2v) is 5.37. The first-order valence-corrected chi connectivity index (χ1v) is 7.89. The Kier molecular flexibility index (Phi) is 12.8. The number of carbonyl (C=O) groups is 1. The van der Waals surface area contributed by atoms with Crippen molar-refractivity contribution in [2.75, 3.05) is 6.61 Å². The molecule has 18 heavy (non-hydrogen) atoms. The summed E-state index contributed by atoms with van der Waals surface area (Å²) in [6, 6.07) is 0. The predicted molar refractivity (Wildman–Crippen MR) is 77.7 cm³/mol. The highest BCUT2D eigenvalue weighted by Gasteiger charge is 2.16. The molecular formula is C16H32O2. The van der Waals surface area contributed by atoms with Gasteiger partial charge in [-0.25, -0.2) is 0 Å². The van der Waals surface area contributed by atoms with Crippen molar-refractivity contribution in [3.63, 3.8) is 0 Å². The number of aliphatic hydroxyl groups is 1. The van der Waals surface area contributed by atoms with Crippen molar-refractivity contribution in [1.82, 2.24) is 0 Å². The van der Waals surface area contributed by atoms with Crippen LogP contribution in [0.1, 0.15) is 84.5 Å². The van der Waals surface area contributed by atoms with Crippen LogP contribution in [0.4, 0.5) is 0 Å². The van der Waals surface area contributed by atoms with Gasteiger partial charge in [0.05, 0.1) is 0 Å². The molecule has 0 aromatic heterocycles. The maximum Gasteiger partial charge on any atom is 0.161 e. The number of rotatable bonds is 13. The number of hydrogen-bond acceptors (Lipinski definition) is 2. The molecule has 1 unspecified atom stereocenters. The van der Waals surface area contributed by atoms with Crippen LogP contribution in [0.25, 0.3) is 0 Å². The summed E-state index contributed by atoms with van der Waals surface area (Å²) in [4.78, 5) is 11.6. The molecule has 0 aromatic rings. The monoisotopic (exact) mass is 256 g/mol. The highest BCUT2D eigenvalue weighted by molar-refractivity contribution is 5.81. The van der Waals surface area contributed by atoms with E-state index in [0.717, 1.165) is 25.7 Å². The third-order valence-electron chi connectivity index (χ3n) is 3.67. The number of ketones is 1. The van der Waals surface area contributed by atoms with Crippen molar-refractivity contribution in [3.05, 3.63) is 0 Å². The average molecular weight is 256 g/mol. The molecule has 2 heteroatoms. The molecule has 0 radical (unpaired) electrons. The Bertz CT molecular complexity index is 190. The topological polar surface area (TPSA) is 37.3 Å². The van der Waals surface area contributed by atoms with Crippen molar-refractivity contribution in [2.24, 2.45) is 5.92 Å². The lowest BCUT2D eigenvalue weighted by Crippen LogP contribution is -2.18. The molecule has 0 spiro atoms. The highest BCUT2D eigenvalue weighted by atomic mass is 16.3. The summed E-state index contributed by atoms with van der Waals surface area (Å²) < 4.78 is 0. The second-order valence-electron chi connectivity index (χ2n) is 5.37. The van der Waals surface area contributed by atoms with E-state index in [4.69, 9.17) is 5.11 Å². The van der Waals surface area contributed by atoms with E-state index in [1.807, 2.05) is 0 Å². The fraction of sp³-hybridized carbons (Fsp3) is 0.938. The molecule has 0 bridgehead atoms. The second kappa shape index (κ2) is 13.1. The molecule has 0 amide bonds. The molecule has 0 saturated heterocycles. The Balaban J connectivity index is 3.74. The lowest BCUT2D eigenvalue weighted by atomic mass is 9.91. The van der Waals surface area contributed by atoms with E-state index >= 15 is 0 Å². The Morgan fingerprint density at radius 3 is 1.72 bits per heavy atom. The van der Waals surface area contributed by atoms with Crippen LogP contribution in [-0.4, -0.2) is 17.5 Å². The van der Waals surface area contributed by atoms with Gasteiger partial charge in [-0.2, -0.15) is 0 Å². The first-order valence-electron chi connectivity index (χ1n) is 7.89. The van der Waals surface area contributed by atoms with Gasteiger partial charge in [0.25, 0.3) is 0 Å². The number of hydrogen-bond donors (Lipinski definition) is 1. The SMILES string of the molecule is CCCCCCCC(CCCCCC)C(=O)CO. The van der Waals surface area contributed by atoms with Gasteiger partial charge in [0.2, 0.25) is 0 Å². The van der Waals surface area contributed by atoms with Gasteiger partial charge in [-0.1, -0.05) is 71.6 Å². The Morgan fingerprint density at radius 1 is 0.833 bits per heavy atom. The van der Waals surface area contributed by atoms with E-state index in [1.165, 1.54) is 44.9 Å². The fourth-order valence-electron chi connectivity index (χ4n) is 2.41. The number of unbranched alkanes of at least 4 members (excludes halogenated alkanes) is 7. The third-order valence-corrected chi connectivity index (χ3v) is 3.67. The number of aliphatic hydroxyl groups excluding tert-OH is 1. The molecule has 108 valence electrons. The van der Waals surface area contributed by atoms with Crippen LogP contribution in [-0.2, 0) is 4.79 Å². The van der Waals surface area contributed by atoms with Crippen LogP contribution in [0.5, 0.6) is 0 Å². The van der Waals surface area contributed by atoms with E-state index in [1.54, 1.807) is 0 Å². The van der Waals surface area contributed by atoms with Crippen LogP contribution in [0.2, 0.25) is 0 Å². The molecule has 0 aromatic carbocycles. The molecule has 1 atom stereocenters. The lowest BCUT2D eigenvalue weighted by molar-refractivity contribution is -0.126.